The highest BCUT2D eigenvalue weighted by Crippen LogP contribution is 2.37. The number of benzene rings is 2. The summed E-state index contributed by atoms with van der Waals surface area (Å²) in [4.78, 5) is 27.7. The number of thioether (sulfide) groups is 1. The Labute approximate surface area is 154 Å². The first-order valence-electron chi connectivity index (χ1n) is 8.11. The Balaban J connectivity index is 1.88. The van der Waals surface area contributed by atoms with Crippen LogP contribution in [0.2, 0.25) is 0 Å². The molecule has 1 aromatic heterocycles. The molecule has 0 unspecified atom stereocenters. The highest BCUT2D eigenvalue weighted by Gasteiger charge is 2.29. The van der Waals surface area contributed by atoms with Crippen molar-refractivity contribution in [1.29, 1.82) is 0 Å². The molecule has 0 bridgehead atoms. The molecule has 2 heterocycles. The van der Waals surface area contributed by atoms with E-state index in [2.05, 4.69) is 10.3 Å². The summed E-state index contributed by atoms with van der Waals surface area (Å²) in [5.74, 6) is 0.414. The summed E-state index contributed by atoms with van der Waals surface area (Å²) in [6.07, 6.45) is 2.39. The number of carbonyl (C=O) groups is 2. The largest absolute Gasteiger partial charge is 0.497 e. The summed E-state index contributed by atoms with van der Waals surface area (Å²) < 4.78 is 5.30. The fraction of sp³-hybridized carbons (Fsp3) is 0.100. The molecule has 4 rings (SSSR count). The second-order valence-electron chi connectivity index (χ2n) is 5.92. The van der Waals surface area contributed by atoms with E-state index in [-0.39, 0.29) is 11.1 Å². The quantitative estimate of drug-likeness (QED) is 0.684. The lowest BCUT2D eigenvalue weighted by Gasteiger charge is -2.12. The Morgan fingerprint density at radius 2 is 1.96 bits per heavy atom. The van der Waals surface area contributed by atoms with Crippen molar-refractivity contribution in [2.45, 2.75) is 6.42 Å². The molecule has 26 heavy (non-hydrogen) atoms. The van der Waals surface area contributed by atoms with E-state index in [0.29, 0.717) is 11.3 Å². The normalized spacial score (nSPS) is 16.0. The SMILES string of the molecule is COc1cccc(CC(=C2SC(=O)NC2=O)c2cccc3[nH]ccc23)c1. The number of hydrogen-bond donors (Lipinski definition) is 2. The van der Waals surface area contributed by atoms with Crippen LogP contribution in [-0.2, 0) is 11.2 Å². The molecule has 0 spiro atoms. The van der Waals surface area contributed by atoms with Crippen molar-refractivity contribution >= 4 is 39.4 Å². The molecule has 0 aliphatic carbocycles. The molecular formula is C20H16N2O3S. The number of nitrogens with one attached hydrogen (secondary N) is 2. The first kappa shape index (κ1) is 16.5. The minimum absolute atomic E-state index is 0.339. The van der Waals surface area contributed by atoms with Crippen molar-refractivity contribution in [2.24, 2.45) is 0 Å². The number of ether oxygens (including phenoxy) is 1. The van der Waals surface area contributed by atoms with Crippen molar-refractivity contribution in [1.82, 2.24) is 10.3 Å². The van der Waals surface area contributed by atoms with Crippen molar-refractivity contribution in [3.8, 4) is 5.75 Å². The van der Waals surface area contributed by atoms with Crippen LogP contribution in [0.1, 0.15) is 11.1 Å². The molecule has 130 valence electrons. The number of fused-ring (bicyclic) bond motifs is 1. The number of imide groups is 1. The van der Waals surface area contributed by atoms with E-state index in [4.69, 9.17) is 4.74 Å². The summed E-state index contributed by atoms with van der Waals surface area (Å²) in [6.45, 7) is 0. The second kappa shape index (κ2) is 6.72. The smallest absolute Gasteiger partial charge is 0.290 e. The Morgan fingerprint density at radius 3 is 2.73 bits per heavy atom. The molecule has 0 saturated carbocycles. The third-order valence-electron chi connectivity index (χ3n) is 4.33. The highest BCUT2D eigenvalue weighted by atomic mass is 32.2. The summed E-state index contributed by atoms with van der Waals surface area (Å²) in [5.41, 5.74) is 3.77. The monoisotopic (exact) mass is 364 g/mol. The average molecular weight is 364 g/mol. The van der Waals surface area contributed by atoms with E-state index < -0.39 is 0 Å². The van der Waals surface area contributed by atoms with Gasteiger partial charge in [0.2, 0.25) is 0 Å². The van der Waals surface area contributed by atoms with E-state index in [1.165, 1.54) is 0 Å². The van der Waals surface area contributed by atoms with Crippen molar-refractivity contribution in [3.63, 3.8) is 0 Å². The molecule has 2 N–H and O–H groups in total. The number of aromatic nitrogens is 1. The van der Waals surface area contributed by atoms with Gasteiger partial charge in [-0.2, -0.15) is 0 Å². The fourth-order valence-electron chi connectivity index (χ4n) is 3.15. The van der Waals surface area contributed by atoms with E-state index in [1.807, 2.05) is 54.7 Å². The van der Waals surface area contributed by atoms with Crippen LogP contribution in [0.5, 0.6) is 5.75 Å². The third kappa shape index (κ3) is 2.99. The van der Waals surface area contributed by atoms with Crippen LogP contribution in [0.25, 0.3) is 16.5 Å². The van der Waals surface area contributed by atoms with Gasteiger partial charge in [0.15, 0.2) is 0 Å². The number of allylic oxidation sites excluding steroid dienone is 1. The minimum atomic E-state index is -0.342. The predicted molar refractivity (Wildman–Crippen MR) is 103 cm³/mol. The Bertz CT molecular complexity index is 1050. The molecular weight excluding hydrogens is 348 g/mol. The zero-order valence-corrected chi connectivity index (χ0v) is 14.9. The van der Waals surface area contributed by atoms with Crippen LogP contribution >= 0.6 is 11.8 Å². The highest BCUT2D eigenvalue weighted by molar-refractivity contribution is 8.18. The maximum absolute atomic E-state index is 12.3. The maximum Gasteiger partial charge on any atom is 0.290 e. The summed E-state index contributed by atoms with van der Waals surface area (Å²) >= 11 is 0.956. The van der Waals surface area contributed by atoms with Crippen LogP contribution in [0, 0.1) is 0 Å². The first-order chi connectivity index (χ1) is 12.7. The molecule has 1 fully saturated rings. The van der Waals surface area contributed by atoms with E-state index in [0.717, 1.165) is 45.1 Å². The third-order valence-corrected chi connectivity index (χ3v) is 5.25. The molecule has 3 aromatic rings. The Morgan fingerprint density at radius 1 is 1.12 bits per heavy atom. The number of H-pyrrole nitrogens is 1. The average Bonchev–Trinajstić information content (AvgIpc) is 3.25. The molecule has 1 aliphatic heterocycles. The zero-order chi connectivity index (χ0) is 18.1. The molecule has 0 atom stereocenters. The lowest BCUT2D eigenvalue weighted by Crippen LogP contribution is -2.18. The molecule has 1 saturated heterocycles. The lowest BCUT2D eigenvalue weighted by atomic mass is 9.95. The molecule has 2 amide bonds. The number of methoxy groups -OCH3 is 1. The maximum atomic E-state index is 12.3. The van der Waals surface area contributed by atoms with Gasteiger partial charge in [-0.25, -0.2) is 0 Å². The van der Waals surface area contributed by atoms with E-state index >= 15 is 0 Å². The minimum Gasteiger partial charge on any atom is -0.497 e. The zero-order valence-electron chi connectivity index (χ0n) is 14.0. The number of aromatic amines is 1. The van der Waals surface area contributed by atoms with Gasteiger partial charge >= 0.3 is 0 Å². The van der Waals surface area contributed by atoms with Crippen LogP contribution in [0.4, 0.5) is 4.79 Å². The van der Waals surface area contributed by atoms with E-state index in [1.54, 1.807) is 7.11 Å². The lowest BCUT2D eigenvalue weighted by molar-refractivity contribution is -0.115. The van der Waals surface area contributed by atoms with Crippen molar-refractivity contribution < 1.29 is 14.3 Å². The molecule has 2 aromatic carbocycles. The van der Waals surface area contributed by atoms with Gasteiger partial charge in [-0.15, -0.1) is 0 Å². The van der Waals surface area contributed by atoms with Crippen LogP contribution < -0.4 is 10.1 Å². The van der Waals surface area contributed by atoms with Gasteiger partial charge < -0.3 is 9.72 Å². The number of hydrogen-bond acceptors (Lipinski definition) is 4. The first-order valence-corrected chi connectivity index (χ1v) is 8.93. The molecule has 0 radical (unpaired) electrons. The Kier molecular flexibility index (Phi) is 4.26. The van der Waals surface area contributed by atoms with Crippen molar-refractivity contribution in [3.05, 3.63) is 70.8 Å². The standard InChI is InChI=1S/C20H16N2O3S/c1-25-13-5-2-4-12(10-13)11-16(18-19(23)22-20(24)26-18)14-6-3-7-17-15(14)8-9-21-17/h2-10,21H,11H2,1H3,(H,22,23,24). The summed E-state index contributed by atoms with van der Waals surface area (Å²) in [7, 11) is 1.62. The van der Waals surface area contributed by atoms with Crippen LogP contribution in [-0.4, -0.2) is 23.2 Å². The van der Waals surface area contributed by atoms with Crippen molar-refractivity contribution in [2.75, 3.05) is 7.11 Å². The van der Waals surface area contributed by atoms with Gasteiger partial charge in [-0.1, -0.05) is 24.3 Å². The van der Waals surface area contributed by atoms with Gasteiger partial charge in [0.05, 0.1) is 12.0 Å². The summed E-state index contributed by atoms with van der Waals surface area (Å²) in [5, 5.41) is 3.04. The number of rotatable bonds is 4. The van der Waals surface area contributed by atoms with Gasteiger partial charge in [-0.3, -0.25) is 14.9 Å². The number of amides is 2. The molecule has 1 aliphatic rings. The van der Waals surface area contributed by atoms with Gasteiger partial charge in [0, 0.05) is 17.1 Å². The fourth-order valence-corrected chi connectivity index (χ4v) is 3.92. The second-order valence-corrected chi connectivity index (χ2v) is 6.91. The van der Waals surface area contributed by atoms with Crippen LogP contribution in [0.3, 0.4) is 0 Å². The Hall–Kier alpha value is -2.99. The molecule has 5 nitrogen and oxygen atoms in total. The number of carbonyl (C=O) groups excluding carboxylic acids is 2. The predicted octanol–water partition coefficient (Wildman–Crippen LogP) is 4.11. The topological polar surface area (TPSA) is 71.2 Å². The van der Waals surface area contributed by atoms with E-state index in [9.17, 15) is 9.59 Å². The van der Waals surface area contributed by atoms with Gasteiger partial charge in [0.25, 0.3) is 11.1 Å². The van der Waals surface area contributed by atoms with Gasteiger partial charge in [-0.05, 0) is 59.1 Å². The van der Waals surface area contributed by atoms with Crippen LogP contribution in [0.15, 0.2) is 59.6 Å². The summed E-state index contributed by atoms with van der Waals surface area (Å²) in [6, 6.07) is 15.6. The molecule has 6 heteroatoms. The van der Waals surface area contributed by atoms with Gasteiger partial charge in [0.1, 0.15) is 5.75 Å².